The SMILES string of the molecule is CC(=O)OC(O)CCOc1ccccc1. The van der Waals surface area contributed by atoms with Crippen molar-refractivity contribution >= 4 is 5.97 Å². The first-order valence-electron chi connectivity index (χ1n) is 4.71. The van der Waals surface area contributed by atoms with Crippen LogP contribution in [0.5, 0.6) is 5.75 Å². The Kier molecular flexibility index (Phi) is 4.63. The second-order valence-electron chi connectivity index (χ2n) is 3.01. The van der Waals surface area contributed by atoms with Crippen LogP contribution in [0.2, 0.25) is 0 Å². The molecule has 1 N–H and O–H groups in total. The van der Waals surface area contributed by atoms with E-state index in [4.69, 9.17) is 4.74 Å². The van der Waals surface area contributed by atoms with Gasteiger partial charge in [0.2, 0.25) is 6.29 Å². The molecule has 0 spiro atoms. The number of ether oxygens (including phenoxy) is 2. The van der Waals surface area contributed by atoms with E-state index in [9.17, 15) is 9.90 Å². The molecule has 4 nitrogen and oxygen atoms in total. The van der Waals surface area contributed by atoms with Gasteiger partial charge in [-0.2, -0.15) is 0 Å². The number of hydrogen-bond acceptors (Lipinski definition) is 4. The predicted molar refractivity (Wildman–Crippen MR) is 54.3 cm³/mol. The number of hydrogen-bond donors (Lipinski definition) is 1. The Labute approximate surface area is 88.4 Å². The molecule has 0 aliphatic rings. The molecule has 1 unspecified atom stereocenters. The van der Waals surface area contributed by atoms with Crippen molar-refractivity contribution in [3.63, 3.8) is 0 Å². The van der Waals surface area contributed by atoms with Gasteiger partial charge in [0.15, 0.2) is 0 Å². The van der Waals surface area contributed by atoms with Gasteiger partial charge in [0.1, 0.15) is 5.75 Å². The summed E-state index contributed by atoms with van der Waals surface area (Å²) in [6.07, 6.45) is -0.833. The highest BCUT2D eigenvalue weighted by Crippen LogP contribution is 2.09. The lowest BCUT2D eigenvalue weighted by atomic mass is 10.3. The first kappa shape index (κ1) is 11.5. The largest absolute Gasteiger partial charge is 0.493 e. The van der Waals surface area contributed by atoms with Gasteiger partial charge in [-0.1, -0.05) is 18.2 Å². The van der Waals surface area contributed by atoms with E-state index in [0.717, 1.165) is 5.75 Å². The van der Waals surface area contributed by atoms with Crippen molar-refractivity contribution in [2.24, 2.45) is 0 Å². The fourth-order valence-corrected chi connectivity index (χ4v) is 1.04. The molecular weight excluding hydrogens is 196 g/mol. The molecule has 0 saturated heterocycles. The van der Waals surface area contributed by atoms with Crippen LogP contribution in [-0.4, -0.2) is 24.0 Å². The minimum atomic E-state index is -1.09. The van der Waals surface area contributed by atoms with Gasteiger partial charge in [0.25, 0.3) is 0 Å². The summed E-state index contributed by atoms with van der Waals surface area (Å²) in [5.41, 5.74) is 0. The first-order valence-corrected chi connectivity index (χ1v) is 4.71. The van der Waals surface area contributed by atoms with Gasteiger partial charge < -0.3 is 14.6 Å². The predicted octanol–water partition coefficient (Wildman–Crippen LogP) is 1.34. The molecule has 1 aromatic carbocycles. The van der Waals surface area contributed by atoms with Crippen LogP contribution >= 0.6 is 0 Å². The normalized spacial score (nSPS) is 11.9. The van der Waals surface area contributed by atoms with Gasteiger partial charge in [0, 0.05) is 13.3 Å². The van der Waals surface area contributed by atoms with Crippen LogP contribution in [0.15, 0.2) is 30.3 Å². The fourth-order valence-electron chi connectivity index (χ4n) is 1.04. The average Bonchev–Trinajstić information content (AvgIpc) is 2.18. The van der Waals surface area contributed by atoms with E-state index in [1.807, 2.05) is 30.3 Å². The highest BCUT2D eigenvalue weighted by atomic mass is 16.6. The van der Waals surface area contributed by atoms with E-state index in [-0.39, 0.29) is 6.42 Å². The van der Waals surface area contributed by atoms with Crippen molar-refractivity contribution in [1.82, 2.24) is 0 Å². The maximum atomic E-state index is 10.5. The zero-order valence-electron chi connectivity index (χ0n) is 8.55. The highest BCUT2D eigenvalue weighted by Gasteiger charge is 2.06. The van der Waals surface area contributed by atoms with E-state index in [2.05, 4.69) is 4.74 Å². The monoisotopic (exact) mass is 210 g/mol. The van der Waals surface area contributed by atoms with E-state index in [0.29, 0.717) is 6.61 Å². The average molecular weight is 210 g/mol. The number of rotatable bonds is 5. The van der Waals surface area contributed by atoms with E-state index >= 15 is 0 Å². The lowest BCUT2D eigenvalue weighted by Crippen LogP contribution is -2.18. The number of carbonyl (C=O) groups excluding carboxylic acids is 1. The van der Waals surface area contributed by atoms with Crippen molar-refractivity contribution in [2.45, 2.75) is 19.6 Å². The smallest absolute Gasteiger partial charge is 0.304 e. The summed E-state index contributed by atoms with van der Waals surface area (Å²) in [5.74, 6) is 0.231. The third-order valence-corrected chi connectivity index (χ3v) is 1.68. The van der Waals surface area contributed by atoms with E-state index < -0.39 is 12.3 Å². The number of esters is 1. The van der Waals surface area contributed by atoms with Crippen molar-refractivity contribution in [2.75, 3.05) is 6.61 Å². The van der Waals surface area contributed by atoms with Crippen LogP contribution in [0.3, 0.4) is 0 Å². The van der Waals surface area contributed by atoms with Gasteiger partial charge in [0.05, 0.1) is 6.61 Å². The summed E-state index contributed by atoms with van der Waals surface area (Å²) in [7, 11) is 0. The van der Waals surface area contributed by atoms with Crippen LogP contribution in [0.1, 0.15) is 13.3 Å². The van der Waals surface area contributed by atoms with Crippen LogP contribution in [0.4, 0.5) is 0 Å². The lowest BCUT2D eigenvalue weighted by Gasteiger charge is -2.11. The molecule has 1 atom stereocenters. The zero-order chi connectivity index (χ0) is 11.1. The second kappa shape index (κ2) is 6.03. The molecule has 4 heteroatoms. The maximum Gasteiger partial charge on any atom is 0.304 e. The van der Waals surface area contributed by atoms with Crippen LogP contribution in [0.25, 0.3) is 0 Å². The first-order chi connectivity index (χ1) is 7.18. The summed E-state index contributed by atoms with van der Waals surface area (Å²) in [6.45, 7) is 1.56. The Morgan fingerprint density at radius 1 is 1.40 bits per heavy atom. The molecule has 1 rings (SSSR count). The molecule has 0 heterocycles. The molecule has 15 heavy (non-hydrogen) atoms. The molecule has 82 valence electrons. The van der Waals surface area contributed by atoms with E-state index in [1.54, 1.807) is 0 Å². The standard InChI is InChI=1S/C11H14O4/c1-9(12)15-11(13)7-8-14-10-5-3-2-4-6-10/h2-6,11,13H,7-8H2,1H3. The Morgan fingerprint density at radius 2 is 2.07 bits per heavy atom. The molecule has 0 radical (unpaired) electrons. The summed E-state index contributed by atoms with van der Waals surface area (Å²) < 4.78 is 9.83. The highest BCUT2D eigenvalue weighted by molar-refractivity contribution is 5.65. The quantitative estimate of drug-likeness (QED) is 0.588. The van der Waals surface area contributed by atoms with Crippen molar-refractivity contribution in [3.8, 4) is 5.75 Å². The molecule has 0 aromatic heterocycles. The van der Waals surface area contributed by atoms with Gasteiger partial charge in [-0.25, -0.2) is 0 Å². The van der Waals surface area contributed by atoms with Crippen LogP contribution < -0.4 is 4.74 Å². The summed E-state index contributed by atoms with van der Waals surface area (Å²) in [6, 6.07) is 9.24. The van der Waals surface area contributed by atoms with Crippen LogP contribution in [-0.2, 0) is 9.53 Å². The number of benzene rings is 1. The molecule has 0 amide bonds. The summed E-state index contributed by atoms with van der Waals surface area (Å²) >= 11 is 0. The Balaban J connectivity index is 2.19. The Hall–Kier alpha value is -1.55. The maximum absolute atomic E-state index is 10.5. The third-order valence-electron chi connectivity index (χ3n) is 1.68. The third kappa shape index (κ3) is 5.02. The Bertz CT molecular complexity index is 297. The minimum absolute atomic E-state index is 0.258. The number of carbonyl (C=O) groups is 1. The van der Waals surface area contributed by atoms with Crippen LogP contribution in [0, 0.1) is 0 Å². The fraction of sp³-hybridized carbons (Fsp3) is 0.364. The van der Waals surface area contributed by atoms with Crippen molar-refractivity contribution in [1.29, 1.82) is 0 Å². The van der Waals surface area contributed by atoms with Gasteiger partial charge >= 0.3 is 5.97 Å². The number of aliphatic hydroxyl groups is 1. The van der Waals surface area contributed by atoms with Gasteiger partial charge in [-0.3, -0.25) is 4.79 Å². The molecule has 0 aliphatic carbocycles. The molecule has 0 bridgehead atoms. The molecule has 0 aliphatic heterocycles. The van der Waals surface area contributed by atoms with Gasteiger partial charge in [-0.05, 0) is 12.1 Å². The second-order valence-corrected chi connectivity index (χ2v) is 3.01. The Morgan fingerprint density at radius 3 is 2.67 bits per heavy atom. The molecule has 0 fully saturated rings. The minimum Gasteiger partial charge on any atom is -0.493 e. The lowest BCUT2D eigenvalue weighted by molar-refractivity contribution is -0.166. The summed E-state index contributed by atoms with van der Waals surface area (Å²) in [5, 5.41) is 9.17. The van der Waals surface area contributed by atoms with Crippen molar-refractivity contribution in [3.05, 3.63) is 30.3 Å². The topological polar surface area (TPSA) is 55.8 Å². The zero-order valence-corrected chi connectivity index (χ0v) is 8.55. The number of para-hydroxylation sites is 1. The molecule has 0 saturated carbocycles. The van der Waals surface area contributed by atoms with E-state index in [1.165, 1.54) is 6.92 Å². The molecular formula is C11H14O4. The van der Waals surface area contributed by atoms with Gasteiger partial charge in [-0.15, -0.1) is 0 Å². The van der Waals surface area contributed by atoms with Crippen molar-refractivity contribution < 1.29 is 19.4 Å². The number of aliphatic hydroxyl groups excluding tert-OH is 1. The molecule has 1 aromatic rings. The summed E-state index contributed by atoms with van der Waals surface area (Å²) in [4.78, 5) is 10.5.